The number of nitrogens with zero attached hydrogens (tertiary/aromatic N) is 1. The lowest BCUT2D eigenvalue weighted by Gasteiger charge is -2.48. The SMILES string of the molecule is CC1(C)C[C@]23C(=N1)c1ccccc1N[C@H]2CC(=O)c1ccccc13. The molecule has 2 aromatic rings. The number of hydrogen-bond donors (Lipinski definition) is 1. The van der Waals surface area contributed by atoms with Crippen molar-refractivity contribution >= 4 is 17.2 Å². The molecule has 0 radical (unpaired) electrons. The predicted molar refractivity (Wildman–Crippen MR) is 96.2 cm³/mol. The molecule has 2 aliphatic heterocycles. The Morgan fingerprint density at radius 1 is 1.04 bits per heavy atom. The average Bonchev–Trinajstić information content (AvgIpc) is 2.87. The van der Waals surface area contributed by atoms with Crippen LogP contribution in [0.15, 0.2) is 53.5 Å². The van der Waals surface area contributed by atoms with Crippen LogP contribution in [-0.2, 0) is 5.41 Å². The number of carbonyl (C=O) groups is 1. The first-order valence-corrected chi connectivity index (χ1v) is 8.60. The second kappa shape index (κ2) is 4.35. The Labute approximate surface area is 141 Å². The molecule has 2 atom stereocenters. The van der Waals surface area contributed by atoms with Gasteiger partial charge < -0.3 is 5.32 Å². The fourth-order valence-electron chi connectivity index (χ4n) is 4.97. The summed E-state index contributed by atoms with van der Waals surface area (Å²) in [4.78, 5) is 17.9. The van der Waals surface area contributed by atoms with Crippen molar-refractivity contribution in [2.45, 2.75) is 43.7 Å². The van der Waals surface area contributed by atoms with Crippen molar-refractivity contribution in [3.8, 4) is 0 Å². The lowest BCUT2D eigenvalue weighted by molar-refractivity contribution is 0.0951. The highest BCUT2D eigenvalue weighted by Crippen LogP contribution is 2.54. The topological polar surface area (TPSA) is 41.5 Å². The smallest absolute Gasteiger partial charge is 0.165 e. The van der Waals surface area contributed by atoms with Crippen molar-refractivity contribution in [2.24, 2.45) is 4.99 Å². The maximum atomic E-state index is 12.7. The summed E-state index contributed by atoms with van der Waals surface area (Å²) in [5.41, 5.74) is 5.14. The van der Waals surface area contributed by atoms with Crippen molar-refractivity contribution < 1.29 is 4.79 Å². The maximum Gasteiger partial charge on any atom is 0.165 e. The zero-order valence-corrected chi connectivity index (χ0v) is 14.0. The number of carbonyl (C=O) groups excluding carboxylic acids is 1. The number of aliphatic imine (C=N–C) groups is 1. The van der Waals surface area contributed by atoms with E-state index in [1.807, 2.05) is 24.3 Å². The molecule has 3 nitrogen and oxygen atoms in total. The van der Waals surface area contributed by atoms with Crippen LogP contribution in [0.25, 0.3) is 0 Å². The Morgan fingerprint density at radius 3 is 2.58 bits per heavy atom. The summed E-state index contributed by atoms with van der Waals surface area (Å²) in [7, 11) is 0. The van der Waals surface area contributed by atoms with Crippen LogP contribution in [0.3, 0.4) is 0 Å². The molecule has 0 amide bonds. The molecule has 120 valence electrons. The molecule has 0 saturated carbocycles. The molecule has 1 aliphatic carbocycles. The molecule has 0 fully saturated rings. The Bertz CT molecular complexity index is 912. The molecule has 3 aliphatic rings. The van der Waals surface area contributed by atoms with Crippen molar-refractivity contribution in [2.75, 3.05) is 5.32 Å². The highest BCUT2D eigenvalue weighted by molar-refractivity contribution is 6.18. The fourth-order valence-corrected chi connectivity index (χ4v) is 4.97. The lowest BCUT2D eigenvalue weighted by atomic mass is 9.59. The molecule has 24 heavy (non-hydrogen) atoms. The van der Waals surface area contributed by atoms with Gasteiger partial charge in [0.1, 0.15) is 0 Å². The van der Waals surface area contributed by atoms with Crippen LogP contribution in [0.4, 0.5) is 5.69 Å². The van der Waals surface area contributed by atoms with Crippen molar-refractivity contribution in [3.63, 3.8) is 0 Å². The molecule has 5 rings (SSSR count). The highest BCUT2D eigenvalue weighted by Gasteiger charge is 2.58. The van der Waals surface area contributed by atoms with E-state index in [4.69, 9.17) is 4.99 Å². The highest BCUT2D eigenvalue weighted by atomic mass is 16.1. The third kappa shape index (κ3) is 1.62. The number of benzene rings is 2. The first-order chi connectivity index (χ1) is 11.5. The van der Waals surface area contributed by atoms with Crippen molar-refractivity contribution in [1.29, 1.82) is 0 Å². The van der Waals surface area contributed by atoms with Gasteiger partial charge in [-0.1, -0.05) is 42.5 Å². The van der Waals surface area contributed by atoms with Crippen LogP contribution < -0.4 is 5.32 Å². The minimum atomic E-state index is -0.206. The lowest BCUT2D eigenvalue weighted by Crippen LogP contribution is -2.56. The third-order valence-corrected chi connectivity index (χ3v) is 5.75. The van der Waals surface area contributed by atoms with Crippen LogP contribution in [0.2, 0.25) is 0 Å². The van der Waals surface area contributed by atoms with Gasteiger partial charge in [-0.3, -0.25) is 9.79 Å². The number of rotatable bonds is 0. The average molecular weight is 316 g/mol. The summed E-state index contributed by atoms with van der Waals surface area (Å²) < 4.78 is 0. The molecule has 0 bridgehead atoms. The number of fused-ring (bicyclic) bond motifs is 3. The van der Waals surface area contributed by atoms with Crippen LogP contribution in [0.5, 0.6) is 0 Å². The number of Topliss-reactive ketones (excluding diaryl/α,β-unsaturated/α-hetero) is 1. The molecular weight excluding hydrogens is 296 g/mol. The van der Waals surface area contributed by atoms with E-state index in [1.165, 1.54) is 5.56 Å². The van der Waals surface area contributed by atoms with Gasteiger partial charge in [0.25, 0.3) is 0 Å². The summed E-state index contributed by atoms with van der Waals surface area (Å²) >= 11 is 0. The van der Waals surface area contributed by atoms with Gasteiger partial charge in [0.15, 0.2) is 5.78 Å². The largest absolute Gasteiger partial charge is 0.380 e. The van der Waals surface area contributed by atoms with E-state index in [9.17, 15) is 4.79 Å². The first kappa shape index (κ1) is 14.0. The van der Waals surface area contributed by atoms with Gasteiger partial charge in [-0.15, -0.1) is 0 Å². The summed E-state index contributed by atoms with van der Waals surface area (Å²) in [5.74, 6) is 0.233. The van der Waals surface area contributed by atoms with Crippen LogP contribution in [-0.4, -0.2) is 23.1 Å². The van der Waals surface area contributed by atoms with Crippen molar-refractivity contribution in [3.05, 3.63) is 65.2 Å². The van der Waals surface area contributed by atoms with Gasteiger partial charge in [0.05, 0.1) is 16.7 Å². The van der Waals surface area contributed by atoms with Crippen molar-refractivity contribution in [1.82, 2.24) is 0 Å². The Balaban J connectivity index is 1.85. The monoisotopic (exact) mass is 316 g/mol. The zero-order valence-electron chi connectivity index (χ0n) is 14.0. The number of para-hydroxylation sites is 1. The number of hydrogen-bond acceptors (Lipinski definition) is 3. The van der Waals surface area contributed by atoms with Gasteiger partial charge in [-0.25, -0.2) is 0 Å². The molecule has 1 N–H and O–H groups in total. The molecule has 3 heteroatoms. The van der Waals surface area contributed by atoms with E-state index in [-0.39, 0.29) is 22.8 Å². The molecule has 2 heterocycles. The summed E-state index contributed by atoms with van der Waals surface area (Å²) in [6, 6.07) is 16.6. The standard InChI is InChI=1S/C21H20N2O/c1-20(2)12-21-15-9-5-3-7-13(15)17(24)11-18(21)22-16-10-6-4-8-14(16)19(21)23-20/h3-10,18,22H,11-12H2,1-2H3/t18-,21+/m0/s1. The van der Waals surface area contributed by atoms with Gasteiger partial charge in [0, 0.05) is 29.3 Å². The van der Waals surface area contributed by atoms with Crippen LogP contribution in [0, 0.1) is 0 Å². The van der Waals surface area contributed by atoms with E-state index in [2.05, 4.69) is 43.4 Å². The molecule has 0 unspecified atom stereocenters. The normalized spacial score (nSPS) is 28.8. The third-order valence-electron chi connectivity index (χ3n) is 5.75. The Kier molecular flexibility index (Phi) is 2.53. The maximum absolute atomic E-state index is 12.7. The second-order valence-corrected chi connectivity index (χ2v) is 7.84. The minimum Gasteiger partial charge on any atom is -0.380 e. The molecule has 2 aromatic carbocycles. The summed E-state index contributed by atoms with van der Waals surface area (Å²) in [5, 5.41) is 3.67. The fraction of sp³-hybridized carbons (Fsp3) is 0.333. The van der Waals surface area contributed by atoms with Crippen LogP contribution in [0.1, 0.15) is 48.2 Å². The van der Waals surface area contributed by atoms with E-state index >= 15 is 0 Å². The quantitative estimate of drug-likeness (QED) is 0.799. The minimum absolute atomic E-state index is 0.0790. The number of anilines is 1. The molecule has 0 aromatic heterocycles. The summed E-state index contributed by atoms with van der Waals surface area (Å²) in [6.07, 6.45) is 1.46. The Morgan fingerprint density at radius 2 is 1.75 bits per heavy atom. The van der Waals surface area contributed by atoms with E-state index < -0.39 is 0 Å². The molecular formula is C21H20N2O. The van der Waals surface area contributed by atoms with E-state index in [0.29, 0.717) is 6.42 Å². The zero-order chi connectivity index (χ0) is 16.5. The van der Waals surface area contributed by atoms with Gasteiger partial charge in [-0.2, -0.15) is 0 Å². The van der Waals surface area contributed by atoms with Crippen LogP contribution >= 0.6 is 0 Å². The number of nitrogens with one attached hydrogen (secondary N) is 1. The van der Waals surface area contributed by atoms with Gasteiger partial charge >= 0.3 is 0 Å². The number of ketones is 1. The predicted octanol–water partition coefficient (Wildman–Crippen LogP) is 3.98. The summed E-state index contributed by atoms with van der Waals surface area (Å²) in [6.45, 7) is 4.40. The first-order valence-electron chi connectivity index (χ1n) is 8.60. The Hall–Kier alpha value is -2.42. The second-order valence-electron chi connectivity index (χ2n) is 7.84. The van der Waals surface area contributed by atoms with E-state index in [1.54, 1.807) is 0 Å². The van der Waals surface area contributed by atoms with Gasteiger partial charge in [0.2, 0.25) is 0 Å². The molecule has 0 saturated heterocycles. The van der Waals surface area contributed by atoms with E-state index in [0.717, 1.165) is 28.9 Å². The molecule has 1 spiro atoms. The van der Waals surface area contributed by atoms with Gasteiger partial charge in [-0.05, 0) is 31.9 Å².